The van der Waals surface area contributed by atoms with Crippen LogP contribution >= 0.6 is 0 Å². The minimum absolute atomic E-state index is 0.332. The average Bonchev–Trinajstić information content (AvgIpc) is 2.28. The largest absolute Gasteiger partial charge is 0.388 e. The molecular weight excluding hydrogens is 184 g/mol. The van der Waals surface area contributed by atoms with Crippen molar-refractivity contribution in [1.29, 1.82) is 0 Å². The molecule has 0 bridgehead atoms. The molecule has 0 aliphatic heterocycles. The van der Waals surface area contributed by atoms with E-state index in [2.05, 4.69) is 25.1 Å². The Hall–Kier alpha value is -1.34. The van der Waals surface area contributed by atoms with Crippen molar-refractivity contribution < 1.29 is 5.11 Å². The van der Waals surface area contributed by atoms with Crippen LogP contribution in [-0.2, 0) is 0 Å². The van der Waals surface area contributed by atoms with Crippen LogP contribution in [-0.4, -0.2) is 5.11 Å². The van der Waals surface area contributed by atoms with Crippen LogP contribution in [0.2, 0.25) is 0 Å². The summed E-state index contributed by atoms with van der Waals surface area (Å²) in [6, 6.07) is 14.3. The highest BCUT2D eigenvalue weighted by atomic mass is 16.3. The van der Waals surface area contributed by atoms with Gasteiger partial charge >= 0.3 is 0 Å². The Morgan fingerprint density at radius 3 is 2.60 bits per heavy atom. The van der Waals surface area contributed by atoms with E-state index in [9.17, 15) is 5.11 Å². The van der Waals surface area contributed by atoms with Crippen molar-refractivity contribution in [3.63, 3.8) is 0 Å². The van der Waals surface area contributed by atoms with Gasteiger partial charge in [-0.1, -0.05) is 55.8 Å². The van der Waals surface area contributed by atoms with Crippen molar-refractivity contribution in [2.45, 2.75) is 25.9 Å². The molecule has 0 radical (unpaired) electrons. The van der Waals surface area contributed by atoms with Crippen LogP contribution in [0.4, 0.5) is 0 Å². The molecule has 0 saturated carbocycles. The van der Waals surface area contributed by atoms with Gasteiger partial charge in [-0.15, -0.1) is 0 Å². The van der Waals surface area contributed by atoms with Gasteiger partial charge in [0.1, 0.15) is 0 Å². The number of rotatable bonds is 3. The number of aliphatic hydroxyl groups excluding tert-OH is 1. The van der Waals surface area contributed by atoms with Crippen molar-refractivity contribution in [2.24, 2.45) is 0 Å². The molecule has 2 aromatic rings. The van der Waals surface area contributed by atoms with Crippen LogP contribution < -0.4 is 0 Å². The second kappa shape index (κ2) is 4.45. The van der Waals surface area contributed by atoms with Gasteiger partial charge in [0.15, 0.2) is 0 Å². The van der Waals surface area contributed by atoms with Gasteiger partial charge in [0.2, 0.25) is 0 Å². The van der Waals surface area contributed by atoms with E-state index in [-0.39, 0.29) is 6.10 Å². The summed E-state index contributed by atoms with van der Waals surface area (Å²) in [4.78, 5) is 0. The Balaban J connectivity index is 2.50. The summed E-state index contributed by atoms with van der Waals surface area (Å²) in [5.74, 6) is 0. The molecule has 1 nitrogen and oxygen atoms in total. The fraction of sp³-hybridized carbons (Fsp3) is 0.286. The van der Waals surface area contributed by atoms with Crippen LogP contribution in [0.3, 0.4) is 0 Å². The van der Waals surface area contributed by atoms with E-state index in [1.165, 1.54) is 10.8 Å². The number of benzene rings is 2. The van der Waals surface area contributed by atoms with Crippen LogP contribution in [0.1, 0.15) is 31.4 Å². The molecule has 0 fully saturated rings. The molecule has 15 heavy (non-hydrogen) atoms. The van der Waals surface area contributed by atoms with E-state index in [4.69, 9.17) is 0 Å². The lowest BCUT2D eigenvalue weighted by Gasteiger charge is -2.12. The molecule has 0 aliphatic carbocycles. The monoisotopic (exact) mass is 200 g/mol. The zero-order chi connectivity index (χ0) is 10.7. The highest BCUT2D eigenvalue weighted by Gasteiger charge is 2.08. The van der Waals surface area contributed by atoms with Crippen LogP contribution in [0.5, 0.6) is 0 Å². The Morgan fingerprint density at radius 2 is 1.80 bits per heavy atom. The highest BCUT2D eigenvalue weighted by Crippen LogP contribution is 2.26. The van der Waals surface area contributed by atoms with Crippen molar-refractivity contribution in [2.75, 3.05) is 0 Å². The van der Waals surface area contributed by atoms with E-state index in [0.29, 0.717) is 0 Å². The standard InChI is InChI=1S/C14H16O/c1-2-6-14(15)13-10-5-8-11-7-3-4-9-12(11)13/h3-5,7-10,14-15H,2,6H2,1H3/t14-/m1/s1. The fourth-order valence-electron chi connectivity index (χ4n) is 1.97. The molecule has 0 heterocycles. The van der Waals surface area contributed by atoms with Crippen molar-refractivity contribution >= 4 is 10.8 Å². The molecule has 78 valence electrons. The fourth-order valence-corrected chi connectivity index (χ4v) is 1.97. The Labute approximate surface area is 90.4 Å². The maximum atomic E-state index is 10.0. The zero-order valence-corrected chi connectivity index (χ0v) is 8.98. The van der Waals surface area contributed by atoms with Gasteiger partial charge in [-0.25, -0.2) is 0 Å². The average molecular weight is 200 g/mol. The quantitative estimate of drug-likeness (QED) is 0.801. The molecule has 0 spiro atoms. The summed E-state index contributed by atoms with van der Waals surface area (Å²) in [5.41, 5.74) is 1.05. The first-order chi connectivity index (χ1) is 7.33. The summed E-state index contributed by atoms with van der Waals surface area (Å²) in [7, 11) is 0. The zero-order valence-electron chi connectivity index (χ0n) is 8.98. The van der Waals surface area contributed by atoms with Gasteiger partial charge in [0.05, 0.1) is 6.10 Å². The van der Waals surface area contributed by atoms with Crippen molar-refractivity contribution in [3.05, 3.63) is 48.0 Å². The summed E-state index contributed by atoms with van der Waals surface area (Å²) < 4.78 is 0. The van der Waals surface area contributed by atoms with Gasteiger partial charge in [-0.3, -0.25) is 0 Å². The van der Waals surface area contributed by atoms with Gasteiger partial charge in [0, 0.05) is 0 Å². The van der Waals surface area contributed by atoms with E-state index < -0.39 is 0 Å². The first-order valence-electron chi connectivity index (χ1n) is 5.48. The number of hydrogen-bond acceptors (Lipinski definition) is 1. The number of aliphatic hydroxyl groups is 1. The molecule has 0 amide bonds. The molecule has 0 aromatic heterocycles. The van der Waals surface area contributed by atoms with Crippen LogP contribution in [0, 0.1) is 0 Å². The third kappa shape index (κ3) is 2.02. The summed E-state index contributed by atoms with van der Waals surface area (Å²) in [6.45, 7) is 2.09. The van der Waals surface area contributed by atoms with Gasteiger partial charge in [0.25, 0.3) is 0 Å². The Kier molecular flexibility index (Phi) is 3.02. The first-order valence-corrected chi connectivity index (χ1v) is 5.48. The number of hydrogen-bond donors (Lipinski definition) is 1. The predicted molar refractivity (Wildman–Crippen MR) is 63.8 cm³/mol. The van der Waals surface area contributed by atoms with Crippen molar-refractivity contribution in [3.8, 4) is 0 Å². The van der Waals surface area contributed by atoms with E-state index in [0.717, 1.165) is 18.4 Å². The maximum absolute atomic E-state index is 10.0. The van der Waals surface area contributed by atoms with Crippen LogP contribution in [0.25, 0.3) is 10.8 Å². The SMILES string of the molecule is CCC[C@@H](O)c1cccc2ccccc12. The minimum Gasteiger partial charge on any atom is -0.388 e. The second-order valence-electron chi connectivity index (χ2n) is 3.87. The van der Waals surface area contributed by atoms with E-state index in [1.54, 1.807) is 0 Å². The normalized spacial score (nSPS) is 12.9. The van der Waals surface area contributed by atoms with Gasteiger partial charge in [-0.05, 0) is 22.8 Å². The third-order valence-electron chi connectivity index (χ3n) is 2.74. The molecule has 1 heteroatoms. The van der Waals surface area contributed by atoms with Crippen molar-refractivity contribution in [1.82, 2.24) is 0 Å². The summed E-state index contributed by atoms with van der Waals surface area (Å²) >= 11 is 0. The smallest absolute Gasteiger partial charge is 0.0795 e. The maximum Gasteiger partial charge on any atom is 0.0795 e. The second-order valence-corrected chi connectivity index (χ2v) is 3.87. The lowest BCUT2D eigenvalue weighted by Crippen LogP contribution is -1.97. The molecule has 1 N–H and O–H groups in total. The molecule has 2 rings (SSSR count). The molecule has 0 saturated heterocycles. The van der Waals surface area contributed by atoms with Gasteiger partial charge in [-0.2, -0.15) is 0 Å². The van der Waals surface area contributed by atoms with Gasteiger partial charge < -0.3 is 5.11 Å². The number of fused-ring (bicyclic) bond motifs is 1. The summed E-state index contributed by atoms with van der Waals surface area (Å²) in [5, 5.41) is 12.4. The predicted octanol–water partition coefficient (Wildman–Crippen LogP) is 3.67. The Bertz CT molecular complexity index is 443. The topological polar surface area (TPSA) is 20.2 Å². The Morgan fingerprint density at radius 1 is 1.07 bits per heavy atom. The lowest BCUT2D eigenvalue weighted by molar-refractivity contribution is 0.168. The third-order valence-corrected chi connectivity index (χ3v) is 2.74. The van der Waals surface area contributed by atoms with E-state index >= 15 is 0 Å². The molecule has 1 atom stereocenters. The lowest BCUT2D eigenvalue weighted by atomic mass is 9.98. The molecule has 2 aromatic carbocycles. The van der Waals surface area contributed by atoms with E-state index in [1.807, 2.05) is 24.3 Å². The first kappa shape index (κ1) is 10.2. The molecule has 0 unspecified atom stereocenters. The highest BCUT2D eigenvalue weighted by molar-refractivity contribution is 5.85. The molecular formula is C14H16O. The molecule has 0 aliphatic rings. The minimum atomic E-state index is -0.332. The van der Waals surface area contributed by atoms with Crippen LogP contribution in [0.15, 0.2) is 42.5 Å². The summed E-state index contributed by atoms with van der Waals surface area (Å²) in [6.07, 6.45) is 1.50.